The molecule has 1 N–H and O–H groups in total. The van der Waals surface area contributed by atoms with Gasteiger partial charge in [0.05, 0.1) is 18.0 Å². The van der Waals surface area contributed by atoms with Gasteiger partial charge < -0.3 is 14.8 Å². The van der Waals surface area contributed by atoms with Crippen molar-refractivity contribution in [1.82, 2.24) is 4.90 Å². The standard InChI is InChI=1S/C22H26F2N2O5S/c1-3-30-20-11-15(7-10-19(20)31-22(23)24)13-26(17-8-9-17)14-21(27)25-16-5-4-6-18(12-16)32(2,28)29/h4-7,10-12,17,22H,3,8-9,13-14H2,1-2H3,(H,25,27). The summed E-state index contributed by atoms with van der Waals surface area (Å²) in [7, 11) is -3.38. The molecule has 0 aromatic heterocycles. The summed E-state index contributed by atoms with van der Waals surface area (Å²) in [5.41, 5.74) is 1.20. The van der Waals surface area contributed by atoms with Crippen molar-refractivity contribution < 1.29 is 31.5 Å². The van der Waals surface area contributed by atoms with Crippen LogP contribution >= 0.6 is 0 Å². The molecule has 2 aromatic rings. The fraction of sp³-hybridized carbons (Fsp3) is 0.409. The Morgan fingerprint density at radius 1 is 1.19 bits per heavy atom. The average molecular weight is 469 g/mol. The Kier molecular flexibility index (Phi) is 7.68. The predicted molar refractivity (Wildman–Crippen MR) is 116 cm³/mol. The van der Waals surface area contributed by atoms with E-state index in [-0.39, 0.29) is 34.9 Å². The molecule has 0 radical (unpaired) electrons. The van der Waals surface area contributed by atoms with Gasteiger partial charge in [0.25, 0.3) is 0 Å². The molecule has 3 rings (SSSR count). The number of sulfone groups is 1. The largest absolute Gasteiger partial charge is 0.490 e. The first-order valence-electron chi connectivity index (χ1n) is 10.2. The van der Waals surface area contributed by atoms with E-state index >= 15 is 0 Å². The molecule has 174 valence electrons. The van der Waals surface area contributed by atoms with E-state index in [0.29, 0.717) is 18.8 Å². The number of halogens is 2. The zero-order valence-electron chi connectivity index (χ0n) is 17.9. The third-order valence-electron chi connectivity index (χ3n) is 4.87. The second-order valence-electron chi connectivity index (χ2n) is 7.58. The molecule has 1 amide bonds. The Bertz CT molecular complexity index is 1060. The third-order valence-corrected chi connectivity index (χ3v) is 5.98. The van der Waals surface area contributed by atoms with Crippen LogP contribution < -0.4 is 14.8 Å². The molecular formula is C22H26F2N2O5S. The molecule has 10 heteroatoms. The van der Waals surface area contributed by atoms with Gasteiger partial charge in [0.1, 0.15) is 0 Å². The Labute approximate surface area is 186 Å². The van der Waals surface area contributed by atoms with Gasteiger partial charge in [-0.3, -0.25) is 9.69 Å². The van der Waals surface area contributed by atoms with Gasteiger partial charge in [-0.25, -0.2) is 8.42 Å². The summed E-state index contributed by atoms with van der Waals surface area (Å²) in [6, 6.07) is 11.1. The van der Waals surface area contributed by atoms with Gasteiger partial charge in [-0.1, -0.05) is 12.1 Å². The molecule has 0 atom stereocenters. The second kappa shape index (κ2) is 10.3. The molecular weight excluding hydrogens is 442 g/mol. The number of alkyl halides is 2. The van der Waals surface area contributed by atoms with E-state index in [4.69, 9.17) is 4.74 Å². The molecule has 0 spiro atoms. The Balaban J connectivity index is 1.69. The molecule has 1 fully saturated rings. The highest BCUT2D eigenvalue weighted by Crippen LogP contribution is 2.33. The maximum Gasteiger partial charge on any atom is 0.387 e. The number of carbonyl (C=O) groups excluding carboxylic acids is 1. The minimum Gasteiger partial charge on any atom is -0.490 e. The Morgan fingerprint density at radius 3 is 2.56 bits per heavy atom. The quantitative estimate of drug-likeness (QED) is 0.542. The van der Waals surface area contributed by atoms with E-state index in [0.717, 1.165) is 24.7 Å². The van der Waals surface area contributed by atoms with E-state index in [1.54, 1.807) is 31.2 Å². The second-order valence-corrected chi connectivity index (χ2v) is 9.59. The van der Waals surface area contributed by atoms with Crippen LogP contribution in [-0.4, -0.2) is 51.3 Å². The van der Waals surface area contributed by atoms with Crippen LogP contribution in [0, 0.1) is 0 Å². The first kappa shape index (κ1) is 23.9. The van der Waals surface area contributed by atoms with Crippen LogP contribution in [0.2, 0.25) is 0 Å². The summed E-state index contributed by atoms with van der Waals surface area (Å²) in [5.74, 6) is -0.0830. The van der Waals surface area contributed by atoms with Gasteiger partial charge in [0, 0.05) is 24.5 Å². The number of anilines is 1. The third kappa shape index (κ3) is 6.89. The number of hydrogen-bond acceptors (Lipinski definition) is 6. The lowest BCUT2D eigenvalue weighted by atomic mass is 10.2. The normalized spacial score (nSPS) is 13.9. The Morgan fingerprint density at radius 2 is 1.94 bits per heavy atom. The number of nitrogens with zero attached hydrogens (tertiary/aromatic N) is 1. The van der Waals surface area contributed by atoms with Gasteiger partial charge in [0.15, 0.2) is 21.3 Å². The number of amides is 1. The van der Waals surface area contributed by atoms with Gasteiger partial charge in [0.2, 0.25) is 5.91 Å². The first-order chi connectivity index (χ1) is 15.2. The van der Waals surface area contributed by atoms with Crippen LogP contribution in [0.1, 0.15) is 25.3 Å². The lowest BCUT2D eigenvalue weighted by Gasteiger charge is -2.22. The van der Waals surface area contributed by atoms with Crippen molar-refractivity contribution in [2.24, 2.45) is 0 Å². The molecule has 0 unspecified atom stereocenters. The fourth-order valence-electron chi connectivity index (χ4n) is 3.29. The molecule has 0 heterocycles. The van der Waals surface area contributed by atoms with E-state index in [2.05, 4.69) is 10.1 Å². The minimum atomic E-state index is -3.38. The highest BCUT2D eigenvalue weighted by molar-refractivity contribution is 7.90. The number of rotatable bonds is 11. The molecule has 32 heavy (non-hydrogen) atoms. The maximum absolute atomic E-state index is 12.6. The van der Waals surface area contributed by atoms with Gasteiger partial charge in [-0.05, 0) is 55.7 Å². The lowest BCUT2D eigenvalue weighted by molar-refractivity contribution is -0.117. The van der Waals surface area contributed by atoms with Crippen molar-refractivity contribution in [3.8, 4) is 11.5 Å². The summed E-state index contributed by atoms with van der Waals surface area (Å²) in [5, 5.41) is 2.74. The maximum atomic E-state index is 12.6. The van der Waals surface area contributed by atoms with Crippen molar-refractivity contribution in [3.63, 3.8) is 0 Å². The molecule has 2 aromatic carbocycles. The zero-order valence-corrected chi connectivity index (χ0v) is 18.7. The summed E-state index contributed by atoms with van der Waals surface area (Å²) in [6.07, 6.45) is 3.03. The smallest absolute Gasteiger partial charge is 0.387 e. The van der Waals surface area contributed by atoms with Crippen molar-refractivity contribution in [1.29, 1.82) is 0 Å². The van der Waals surface area contributed by atoms with E-state index < -0.39 is 16.4 Å². The first-order valence-corrected chi connectivity index (χ1v) is 12.1. The minimum absolute atomic E-state index is 0.0351. The summed E-state index contributed by atoms with van der Waals surface area (Å²) in [4.78, 5) is 14.7. The van der Waals surface area contributed by atoms with Gasteiger partial charge in [-0.15, -0.1) is 0 Å². The summed E-state index contributed by atoms with van der Waals surface area (Å²) >= 11 is 0. The number of benzene rings is 2. The summed E-state index contributed by atoms with van der Waals surface area (Å²) in [6.45, 7) is -0.375. The number of nitrogens with one attached hydrogen (secondary N) is 1. The van der Waals surface area contributed by atoms with Gasteiger partial charge >= 0.3 is 6.61 Å². The monoisotopic (exact) mass is 468 g/mol. The summed E-state index contributed by atoms with van der Waals surface area (Å²) < 4.78 is 58.6. The molecule has 1 aliphatic carbocycles. The fourth-order valence-corrected chi connectivity index (χ4v) is 3.96. The lowest BCUT2D eigenvalue weighted by Crippen LogP contribution is -2.34. The van der Waals surface area contributed by atoms with Crippen LogP contribution in [0.25, 0.3) is 0 Å². The van der Waals surface area contributed by atoms with Crippen LogP contribution in [0.4, 0.5) is 14.5 Å². The Hall–Kier alpha value is -2.72. The molecule has 0 aliphatic heterocycles. The predicted octanol–water partition coefficient (Wildman–Crippen LogP) is 3.69. The number of hydrogen-bond donors (Lipinski definition) is 1. The van der Waals surface area contributed by atoms with Crippen LogP contribution in [-0.2, 0) is 21.2 Å². The van der Waals surface area contributed by atoms with Crippen molar-refractivity contribution in [3.05, 3.63) is 48.0 Å². The SMILES string of the molecule is CCOc1cc(CN(CC(=O)Nc2cccc(S(C)(=O)=O)c2)C2CC2)ccc1OC(F)F. The molecule has 0 saturated heterocycles. The van der Waals surface area contributed by atoms with E-state index in [1.165, 1.54) is 18.2 Å². The van der Waals surface area contributed by atoms with Crippen molar-refractivity contribution in [2.75, 3.05) is 24.7 Å². The van der Waals surface area contributed by atoms with Crippen molar-refractivity contribution >= 4 is 21.4 Å². The zero-order chi connectivity index (χ0) is 23.3. The highest BCUT2D eigenvalue weighted by Gasteiger charge is 2.30. The highest BCUT2D eigenvalue weighted by atomic mass is 32.2. The van der Waals surface area contributed by atoms with E-state index in [9.17, 15) is 22.0 Å². The average Bonchev–Trinajstić information content (AvgIpc) is 3.54. The number of carbonyl (C=O) groups is 1. The molecule has 0 bridgehead atoms. The molecule has 7 nitrogen and oxygen atoms in total. The molecule has 1 saturated carbocycles. The van der Waals surface area contributed by atoms with E-state index in [1.807, 2.05) is 4.90 Å². The van der Waals surface area contributed by atoms with Gasteiger partial charge in [-0.2, -0.15) is 8.78 Å². The molecule has 1 aliphatic rings. The van der Waals surface area contributed by atoms with Crippen LogP contribution in [0.5, 0.6) is 11.5 Å². The van der Waals surface area contributed by atoms with Crippen LogP contribution in [0.3, 0.4) is 0 Å². The topological polar surface area (TPSA) is 84.9 Å². The van der Waals surface area contributed by atoms with Crippen LogP contribution in [0.15, 0.2) is 47.4 Å². The number of ether oxygens (including phenoxy) is 2. The van der Waals surface area contributed by atoms with Crippen molar-refractivity contribution in [2.45, 2.75) is 43.9 Å².